The molecular formula is C15H16BNO5S. The number of nitrogens with one attached hydrogen (secondary N) is 1. The highest BCUT2D eigenvalue weighted by atomic mass is 32.2. The number of rotatable bonds is 5. The van der Waals surface area contributed by atoms with Gasteiger partial charge in [-0.2, -0.15) is 0 Å². The van der Waals surface area contributed by atoms with Crippen LogP contribution in [0.25, 0.3) is 0 Å². The van der Waals surface area contributed by atoms with Gasteiger partial charge in [0.15, 0.2) is 9.84 Å². The third-order valence-corrected chi connectivity index (χ3v) is 4.18. The second kappa shape index (κ2) is 7.30. The summed E-state index contributed by atoms with van der Waals surface area (Å²) in [5.74, 6) is 0. The minimum atomic E-state index is -3.30. The van der Waals surface area contributed by atoms with Gasteiger partial charge in [-0.25, -0.2) is 13.2 Å². The Hall–Kier alpha value is -2.32. The number of sulfone groups is 1. The molecule has 2 N–H and O–H groups in total. The summed E-state index contributed by atoms with van der Waals surface area (Å²) in [6.45, 7) is 0.0870. The van der Waals surface area contributed by atoms with Crippen molar-refractivity contribution in [3.63, 3.8) is 0 Å². The fraction of sp³-hybridized carbons (Fsp3) is 0.133. The van der Waals surface area contributed by atoms with E-state index in [1.54, 1.807) is 42.5 Å². The van der Waals surface area contributed by atoms with Crippen LogP contribution in [-0.4, -0.2) is 32.9 Å². The van der Waals surface area contributed by atoms with E-state index in [4.69, 9.17) is 4.65 Å². The first-order chi connectivity index (χ1) is 10.9. The molecule has 8 heteroatoms. The number of carbonyl (C=O) groups is 1. The molecule has 0 unspecified atom stereocenters. The van der Waals surface area contributed by atoms with Crippen LogP contribution in [-0.2, 0) is 21.0 Å². The van der Waals surface area contributed by atoms with E-state index in [0.717, 1.165) is 6.26 Å². The van der Waals surface area contributed by atoms with Gasteiger partial charge < -0.3 is 15.0 Å². The van der Waals surface area contributed by atoms with Gasteiger partial charge in [0.1, 0.15) is 0 Å². The number of benzene rings is 2. The summed E-state index contributed by atoms with van der Waals surface area (Å²) >= 11 is 0. The van der Waals surface area contributed by atoms with Gasteiger partial charge in [-0.3, -0.25) is 0 Å². The molecule has 0 aliphatic rings. The molecule has 0 saturated carbocycles. The summed E-state index contributed by atoms with van der Waals surface area (Å²) in [4.78, 5) is 11.8. The summed E-state index contributed by atoms with van der Waals surface area (Å²) in [5, 5.41) is 12.2. The van der Waals surface area contributed by atoms with E-state index in [1.807, 2.05) is 0 Å². The Morgan fingerprint density at radius 3 is 2.52 bits per heavy atom. The van der Waals surface area contributed by atoms with Crippen LogP contribution in [0, 0.1) is 0 Å². The summed E-state index contributed by atoms with van der Waals surface area (Å²) in [6, 6.07) is 14.7. The van der Waals surface area contributed by atoms with Crippen LogP contribution in [0.3, 0.4) is 0 Å². The molecule has 0 aliphatic heterocycles. The lowest BCUT2D eigenvalue weighted by Crippen LogP contribution is -2.39. The van der Waals surface area contributed by atoms with Crippen molar-refractivity contribution in [3.8, 4) is 0 Å². The Labute approximate surface area is 135 Å². The average molecular weight is 333 g/mol. The van der Waals surface area contributed by atoms with Crippen LogP contribution in [0.5, 0.6) is 0 Å². The van der Waals surface area contributed by atoms with Crippen molar-refractivity contribution in [1.29, 1.82) is 0 Å². The lowest BCUT2D eigenvalue weighted by Gasteiger charge is -2.10. The van der Waals surface area contributed by atoms with Gasteiger partial charge in [0.05, 0.1) is 4.90 Å². The van der Waals surface area contributed by atoms with Gasteiger partial charge in [0.25, 0.3) is 0 Å². The first-order valence-electron chi connectivity index (χ1n) is 6.83. The molecule has 0 aliphatic carbocycles. The van der Waals surface area contributed by atoms with E-state index in [9.17, 15) is 18.2 Å². The average Bonchev–Trinajstić information content (AvgIpc) is 2.53. The molecule has 0 heterocycles. The largest absolute Gasteiger partial charge is 0.563 e. The van der Waals surface area contributed by atoms with E-state index < -0.39 is 23.0 Å². The molecule has 0 radical (unpaired) electrons. The predicted molar refractivity (Wildman–Crippen MR) is 86.9 cm³/mol. The summed E-state index contributed by atoms with van der Waals surface area (Å²) in [6.07, 6.45) is 0.315. The van der Waals surface area contributed by atoms with E-state index >= 15 is 0 Å². The Kier molecular flexibility index (Phi) is 5.41. The molecule has 2 aromatic rings. The number of hydrogen-bond acceptors (Lipinski definition) is 5. The number of hydrogen-bond donors (Lipinski definition) is 2. The van der Waals surface area contributed by atoms with Crippen molar-refractivity contribution < 1.29 is 22.9 Å². The molecule has 120 valence electrons. The van der Waals surface area contributed by atoms with E-state index in [-0.39, 0.29) is 11.4 Å². The van der Waals surface area contributed by atoms with Crippen molar-refractivity contribution in [2.45, 2.75) is 11.4 Å². The molecule has 0 aromatic heterocycles. The zero-order chi connectivity index (χ0) is 16.9. The Balaban J connectivity index is 1.92. The van der Waals surface area contributed by atoms with Crippen LogP contribution in [0.1, 0.15) is 5.56 Å². The Morgan fingerprint density at radius 2 is 1.87 bits per heavy atom. The Bertz CT molecular complexity index is 779. The second-order valence-electron chi connectivity index (χ2n) is 4.94. The molecule has 1 amide bonds. The highest BCUT2D eigenvalue weighted by Crippen LogP contribution is 2.11. The van der Waals surface area contributed by atoms with Gasteiger partial charge in [0.2, 0.25) is 0 Å². The highest BCUT2D eigenvalue weighted by molar-refractivity contribution is 7.90. The SMILES string of the molecule is CS(=O)(=O)c1cccc(CNC(=O)OB(O)c2ccccc2)c1. The van der Waals surface area contributed by atoms with Crippen molar-refractivity contribution in [1.82, 2.24) is 5.32 Å². The Morgan fingerprint density at radius 1 is 1.17 bits per heavy atom. The molecular weight excluding hydrogens is 317 g/mol. The normalized spacial score (nSPS) is 10.9. The summed E-state index contributed by atoms with van der Waals surface area (Å²) < 4.78 is 27.8. The molecule has 0 atom stereocenters. The summed E-state index contributed by atoms with van der Waals surface area (Å²) in [7, 11) is -4.67. The maximum Gasteiger partial charge on any atom is 0.563 e. The molecule has 2 aromatic carbocycles. The van der Waals surface area contributed by atoms with Crippen molar-refractivity contribution in [2.75, 3.05) is 6.26 Å². The molecule has 23 heavy (non-hydrogen) atoms. The van der Waals surface area contributed by atoms with Gasteiger partial charge in [-0.05, 0) is 23.2 Å². The fourth-order valence-electron chi connectivity index (χ4n) is 1.89. The minimum absolute atomic E-state index is 0.0870. The predicted octanol–water partition coefficient (Wildman–Crippen LogP) is 0.704. The molecule has 0 spiro atoms. The van der Waals surface area contributed by atoms with Crippen molar-refractivity contribution in [3.05, 3.63) is 60.2 Å². The maximum absolute atomic E-state index is 11.7. The van der Waals surface area contributed by atoms with Gasteiger partial charge >= 0.3 is 13.2 Å². The van der Waals surface area contributed by atoms with Crippen molar-refractivity contribution in [2.24, 2.45) is 0 Å². The van der Waals surface area contributed by atoms with Crippen LogP contribution in [0.2, 0.25) is 0 Å². The molecule has 2 rings (SSSR count). The van der Waals surface area contributed by atoms with Gasteiger partial charge in [0, 0.05) is 12.8 Å². The molecule has 0 bridgehead atoms. The monoisotopic (exact) mass is 333 g/mol. The number of carbonyl (C=O) groups excluding carboxylic acids is 1. The van der Waals surface area contributed by atoms with Crippen LogP contribution in [0.15, 0.2) is 59.5 Å². The van der Waals surface area contributed by atoms with Crippen LogP contribution < -0.4 is 10.8 Å². The van der Waals surface area contributed by atoms with Crippen LogP contribution >= 0.6 is 0 Å². The first kappa shape index (κ1) is 17.0. The van der Waals surface area contributed by atoms with Crippen LogP contribution in [0.4, 0.5) is 4.79 Å². The molecule has 0 fully saturated rings. The third-order valence-electron chi connectivity index (χ3n) is 3.07. The van der Waals surface area contributed by atoms with E-state index in [2.05, 4.69) is 5.32 Å². The van der Waals surface area contributed by atoms with Gasteiger partial charge in [-0.15, -0.1) is 0 Å². The fourth-order valence-corrected chi connectivity index (χ4v) is 2.58. The standard InChI is InChI=1S/C15H16BNO5S/c1-23(20,21)14-9-5-6-12(10-14)11-17-15(18)22-16(19)13-7-3-2-4-8-13/h2-10,19H,11H2,1H3,(H,17,18). The zero-order valence-corrected chi connectivity index (χ0v) is 13.3. The van der Waals surface area contributed by atoms with E-state index in [1.165, 1.54) is 12.1 Å². The number of amides is 1. The second-order valence-corrected chi connectivity index (χ2v) is 6.96. The van der Waals surface area contributed by atoms with E-state index in [0.29, 0.717) is 11.0 Å². The third kappa shape index (κ3) is 5.12. The first-order valence-corrected chi connectivity index (χ1v) is 8.72. The molecule has 6 nitrogen and oxygen atoms in total. The lowest BCUT2D eigenvalue weighted by atomic mass is 9.80. The quantitative estimate of drug-likeness (QED) is 0.786. The van der Waals surface area contributed by atoms with Crippen molar-refractivity contribution >= 4 is 28.5 Å². The highest BCUT2D eigenvalue weighted by Gasteiger charge is 2.21. The molecule has 0 saturated heterocycles. The van der Waals surface area contributed by atoms with Gasteiger partial charge in [-0.1, -0.05) is 42.5 Å². The lowest BCUT2D eigenvalue weighted by molar-refractivity contribution is 0.192. The minimum Gasteiger partial charge on any atom is -0.489 e. The maximum atomic E-state index is 11.7. The summed E-state index contributed by atoms with van der Waals surface area (Å²) in [5.41, 5.74) is 1.07. The topological polar surface area (TPSA) is 92.7 Å². The zero-order valence-electron chi connectivity index (χ0n) is 12.5. The smallest absolute Gasteiger partial charge is 0.489 e.